The topological polar surface area (TPSA) is 51.6 Å². The van der Waals surface area contributed by atoms with E-state index >= 15 is 0 Å². The van der Waals surface area contributed by atoms with Crippen LogP contribution in [0.25, 0.3) is 179 Å². The van der Waals surface area contributed by atoms with Crippen molar-refractivity contribution in [1.82, 2.24) is 19.9 Å². The third-order valence-electron chi connectivity index (χ3n) is 21.0. The minimum Gasteiger partial charge on any atom is -0.304 e. The molecule has 0 aliphatic carbocycles. The van der Waals surface area contributed by atoms with Gasteiger partial charge in [-0.3, -0.25) is 8.78 Å². The summed E-state index contributed by atoms with van der Waals surface area (Å²) in [5.41, 5.74) is 37.9. The molecule has 4 aromatic heterocycles. The van der Waals surface area contributed by atoms with Gasteiger partial charge in [0.05, 0.1) is 0 Å². The normalized spacial score (nSPS) is 10.9. The molecule has 116 heavy (non-hydrogen) atoms. The largest absolute Gasteiger partial charge is 0.304 e. The molecule has 0 fully saturated rings. The van der Waals surface area contributed by atoms with Crippen molar-refractivity contribution >= 4 is 0 Å². The van der Waals surface area contributed by atoms with Crippen molar-refractivity contribution in [3.63, 3.8) is 0 Å². The predicted octanol–water partition coefficient (Wildman–Crippen LogP) is 28.3. The number of pyridine rings is 4. The van der Waals surface area contributed by atoms with Crippen LogP contribution in [0.5, 0.6) is 0 Å². The summed E-state index contributed by atoms with van der Waals surface area (Å²) in [6.45, 7) is 8.51. The number of aromatic nitrogens is 4. The Balaban J connectivity index is 0.000000179. The maximum atomic E-state index is 13.6. The van der Waals surface area contributed by atoms with Gasteiger partial charge in [-0.05, 0) is 196 Å². The summed E-state index contributed by atoms with van der Waals surface area (Å²) >= 11 is 0. The van der Waals surface area contributed by atoms with Crippen LogP contribution in [0.4, 0.5) is 8.78 Å². The fraction of sp³-hybridized carbons (Fsp3) is 0.0370. The van der Waals surface area contributed by atoms with E-state index in [1.54, 1.807) is 12.1 Å². The van der Waals surface area contributed by atoms with Gasteiger partial charge in [0.25, 0.3) is 0 Å². The van der Waals surface area contributed by atoms with E-state index in [1.165, 1.54) is 46.5 Å². The second-order valence-corrected chi connectivity index (χ2v) is 28.6. The summed E-state index contributed by atoms with van der Waals surface area (Å²) in [7, 11) is 0. The molecule has 0 N–H and O–H groups in total. The minimum atomic E-state index is -0.313. The van der Waals surface area contributed by atoms with E-state index in [-0.39, 0.29) is 51.8 Å². The van der Waals surface area contributed by atoms with Gasteiger partial charge in [-0.25, -0.2) is 0 Å². The van der Waals surface area contributed by atoms with Gasteiger partial charge in [-0.2, -0.15) is 0 Å². The minimum absolute atomic E-state index is 0. The molecule has 0 unspecified atom stereocenters. The van der Waals surface area contributed by atoms with E-state index in [0.29, 0.717) is 0 Å². The molecule has 18 aromatic rings. The van der Waals surface area contributed by atoms with Gasteiger partial charge in [-0.15, -0.1) is 131 Å². The van der Waals surface area contributed by atoms with Crippen molar-refractivity contribution in [3.8, 4) is 179 Å². The molecule has 0 aliphatic heterocycles. The Morgan fingerprint density at radius 1 is 0.207 bits per heavy atom. The van der Waals surface area contributed by atoms with Gasteiger partial charge in [0.1, 0.15) is 0 Å². The molecule has 0 spiro atoms. The second-order valence-electron chi connectivity index (χ2n) is 28.6. The van der Waals surface area contributed by atoms with Crippen LogP contribution in [-0.4, -0.2) is 19.9 Å². The Labute approximate surface area is 704 Å². The zero-order chi connectivity index (χ0) is 77.4. The molecule has 4 heterocycles. The van der Waals surface area contributed by atoms with Crippen molar-refractivity contribution < 1.29 is 49.0 Å². The predicted molar refractivity (Wildman–Crippen MR) is 465 cm³/mol. The zero-order valence-corrected chi connectivity index (χ0v) is 68.8. The maximum Gasteiger partial charge on any atom is 0.0379 e. The van der Waals surface area contributed by atoms with Gasteiger partial charge >= 0.3 is 0 Å². The van der Waals surface area contributed by atoms with Crippen LogP contribution in [0.15, 0.2) is 377 Å². The van der Waals surface area contributed by atoms with Crippen molar-refractivity contribution in [2.24, 2.45) is 0 Å². The van der Waals surface area contributed by atoms with Crippen LogP contribution >= 0.6 is 0 Å². The number of aryl methyl sites for hydroxylation is 4. The molecule has 0 bridgehead atoms. The summed E-state index contributed by atoms with van der Waals surface area (Å²) in [5.74, 6) is -0.626. The van der Waals surface area contributed by atoms with Crippen molar-refractivity contribution in [2.75, 3.05) is 0 Å². The van der Waals surface area contributed by atoms with E-state index in [4.69, 9.17) is 19.9 Å². The first kappa shape index (κ1) is 78.1. The van der Waals surface area contributed by atoms with Gasteiger partial charge in [-0.1, -0.05) is 255 Å². The molecule has 18 rings (SSSR count). The van der Waals surface area contributed by atoms with Crippen LogP contribution in [0, 0.1) is 63.6 Å². The van der Waals surface area contributed by atoms with Crippen LogP contribution in [0.3, 0.4) is 0 Å². The van der Waals surface area contributed by atoms with Crippen LogP contribution in [0.2, 0.25) is 0 Å². The van der Waals surface area contributed by atoms with Crippen molar-refractivity contribution in [2.45, 2.75) is 27.7 Å². The molecule has 14 aromatic carbocycles. The zero-order valence-electron chi connectivity index (χ0n) is 64.0. The Kier molecular flexibility index (Phi) is 23.9. The summed E-state index contributed by atoms with van der Waals surface area (Å²) in [6, 6.07) is 133. The maximum absolute atomic E-state index is 13.6. The van der Waals surface area contributed by atoms with Crippen LogP contribution in [0.1, 0.15) is 22.3 Å². The Hall–Kier alpha value is -13.2. The van der Waals surface area contributed by atoms with Crippen molar-refractivity contribution in [3.05, 3.63) is 435 Å². The number of benzene rings is 14. The van der Waals surface area contributed by atoms with Crippen LogP contribution < -0.4 is 0 Å². The second kappa shape index (κ2) is 35.5. The summed E-state index contributed by atoms with van der Waals surface area (Å²) in [4.78, 5) is 19.6. The molecular weight excluding hydrogens is 1780 g/mol. The number of rotatable bonds is 16. The Bertz CT molecular complexity index is 6100. The van der Waals surface area contributed by atoms with Crippen LogP contribution in [-0.2, 0) is 40.2 Å². The Morgan fingerprint density at radius 2 is 0.483 bits per heavy atom. The summed E-state index contributed by atoms with van der Waals surface area (Å²) < 4.78 is 27.2. The molecule has 0 amide bonds. The van der Waals surface area contributed by atoms with E-state index in [2.05, 4.69) is 319 Å². The molecule has 0 atom stereocenters. The van der Waals surface area contributed by atoms with Gasteiger partial charge in [0.2, 0.25) is 0 Å². The standard InChI is InChI=1S/2C54H37FN2.2Ir/c2*1-36-29-43(46-17-9-11-19-48(46)51-34-56-53(31-37(51)2)42-25-27-45(55)28-26-42)32-44(30-36)47-18-10-12-20-49(47)52-35-57-54(41-15-7-4-8-16-41)33-50(52)40-23-21-39(22-24-40)38-13-5-3-6-14-38;;/h2*3-15,17-25,27-35H,1-2H3;;/q2*-2;;. The SMILES string of the molecule is Cc1cc(-c2ccccc2-c2cnc(-c3[c-]cc(F)cc3)cc2C)cc(-c2ccccc2-c2cnc(-c3[c-]cccc3)cc2-c2ccc(-c3ccccc3)cc2)c1.Cc1cc(-c2ccccc2-c2cnc(-c3[c-]cc(F)cc3)cc2C)cc(-c2ccccc2-c2cnc(-c3[c-]cccc3)cc2-c2ccc(-c3ccccc3)cc2)c1.[Ir].[Ir]. The first-order valence-corrected chi connectivity index (χ1v) is 38.1. The smallest absolute Gasteiger partial charge is 0.0379 e. The van der Waals surface area contributed by atoms with E-state index in [9.17, 15) is 8.78 Å². The molecule has 4 nitrogen and oxygen atoms in total. The fourth-order valence-electron chi connectivity index (χ4n) is 15.3. The molecule has 0 saturated heterocycles. The van der Waals surface area contributed by atoms with Crippen molar-refractivity contribution in [1.29, 1.82) is 0 Å². The number of hydrogen-bond acceptors (Lipinski definition) is 4. The molecule has 0 aliphatic rings. The third-order valence-corrected chi connectivity index (χ3v) is 21.0. The van der Waals surface area contributed by atoms with E-state index in [0.717, 1.165) is 179 Å². The van der Waals surface area contributed by atoms with Gasteiger partial charge < -0.3 is 19.9 Å². The summed E-state index contributed by atoms with van der Waals surface area (Å²) in [6.07, 6.45) is 7.88. The first-order chi connectivity index (χ1) is 56.0. The van der Waals surface area contributed by atoms with E-state index < -0.39 is 0 Å². The fourth-order valence-corrected chi connectivity index (χ4v) is 15.3. The molecular formula is C108H74F2Ir2N4-4. The molecule has 2 radical (unpaired) electrons. The average Bonchev–Trinajstić information content (AvgIpc) is 0.775. The third kappa shape index (κ3) is 17.0. The van der Waals surface area contributed by atoms with Gasteiger partial charge in [0.15, 0.2) is 0 Å². The molecule has 562 valence electrons. The quantitative estimate of drug-likeness (QED) is 0.0905. The molecule has 0 saturated carbocycles. The number of halogens is 2. The number of hydrogen-bond donors (Lipinski definition) is 0. The average molecular weight is 1850 g/mol. The van der Waals surface area contributed by atoms with E-state index in [1.807, 2.05) is 73.3 Å². The summed E-state index contributed by atoms with van der Waals surface area (Å²) in [5, 5.41) is 0. The Morgan fingerprint density at radius 3 is 0.793 bits per heavy atom. The first-order valence-electron chi connectivity index (χ1n) is 38.1. The monoisotopic (exact) mass is 1850 g/mol. The molecule has 8 heteroatoms. The number of nitrogens with zero attached hydrogens (tertiary/aromatic N) is 4. The van der Waals surface area contributed by atoms with Gasteiger partial charge in [0, 0.05) is 98.9 Å².